The van der Waals surface area contributed by atoms with Crippen LogP contribution in [-0.2, 0) is 10.0 Å². The number of halogens is 1. The Morgan fingerprint density at radius 3 is 2.90 bits per heavy atom. The van der Waals surface area contributed by atoms with Gasteiger partial charge in [-0.25, -0.2) is 13.4 Å². The number of nitrogens with zero attached hydrogens (tertiary/aromatic N) is 2. The lowest BCUT2D eigenvalue weighted by Gasteiger charge is -2.25. The number of sulfonamides is 1. The van der Waals surface area contributed by atoms with Crippen LogP contribution in [0.3, 0.4) is 0 Å². The minimum absolute atomic E-state index is 0.127. The van der Waals surface area contributed by atoms with Crippen molar-refractivity contribution in [2.45, 2.75) is 24.3 Å². The van der Waals surface area contributed by atoms with Gasteiger partial charge in [-0.2, -0.15) is 4.31 Å². The molecule has 0 aromatic carbocycles. The van der Waals surface area contributed by atoms with Crippen LogP contribution in [0.5, 0.6) is 0 Å². The van der Waals surface area contributed by atoms with Gasteiger partial charge in [-0.15, -0.1) is 0 Å². The second-order valence-corrected chi connectivity index (χ2v) is 7.66. The molecule has 1 aromatic heterocycles. The average molecular weight is 364 g/mol. The van der Waals surface area contributed by atoms with E-state index in [1.807, 2.05) is 6.92 Å². The number of hydrogen-bond acceptors (Lipinski definition) is 5. The quantitative estimate of drug-likeness (QED) is 0.841. The van der Waals surface area contributed by atoms with Gasteiger partial charge in [-0.05, 0) is 34.3 Å². The number of pyridine rings is 1. The van der Waals surface area contributed by atoms with Gasteiger partial charge < -0.3 is 10.4 Å². The average Bonchev–Trinajstić information content (AvgIpc) is 2.80. The lowest BCUT2D eigenvalue weighted by Crippen LogP contribution is -2.40. The van der Waals surface area contributed by atoms with Gasteiger partial charge >= 0.3 is 0 Å². The zero-order valence-corrected chi connectivity index (χ0v) is 13.8. The van der Waals surface area contributed by atoms with E-state index in [4.69, 9.17) is 0 Å². The highest BCUT2D eigenvalue weighted by Gasteiger charge is 2.40. The number of hydrogen-bond donors (Lipinski definition) is 2. The van der Waals surface area contributed by atoms with Crippen molar-refractivity contribution in [2.24, 2.45) is 5.92 Å². The number of aliphatic hydroxyl groups excluding tert-OH is 1. The Bertz CT molecular complexity index is 594. The van der Waals surface area contributed by atoms with E-state index in [-0.39, 0.29) is 23.5 Å². The lowest BCUT2D eigenvalue weighted by molar-refractivity contribution is 0.191. The smallest absolute Gasteiger partial charge is 0.247 e. The van der Waals surface area contributed by atoms with Crippen LogP contribution in [0.25, 0.3) is 0 Å². The maximum atomic E-state index is 12.8. The molecule has 0 spiro atoms. The van der Waals surface area contributed by atoms with Crippen LogP contribution in [0.15, 0.2) is 21.6 Å². The summed E-state index contributed by atoms with van der Waals surface area (Å²) in [6, 6.07) is 1.16. The largest absolute Gasteiger partial charge is 0.395 e. The van der Waals surface area contributed by atoms with E-state index in [0.29, 0.717) is 16.8 Å². The van der Waals surface area contributed by atoms with E-state index in [1.54, 1.807) is 13.2 Å². The molecule has 8 heteroatoms. The van der Waals surface area contributed by atoms with Crippen molar-refractivity contribution in [2.75, 3.05) is 25.5 Å². The van der Waals surface area contributed by atoms with Crippen LogP contribution >= 0.6 is 15.9 Å². The van der Waals surface area contributed by atoms with Crippen LogP contribution in [0.2, 0.25) is 0 Å². The molecule has 2 unspecified atom stereocenters. The zero-order valence-electron chi connectivity index (χ0n) is 11.4. The van der Waals surface area contributed by atoms with Gasteiger partial charge in [0.2, 0.25) is 10.0 Å². The van der Waals surface area contributed by atoms with Gasteiger partial charge in [-0.3, -0.25) is 0 Å². The Kier molecular flexibility index (Phi) is 4.68. The molecule has 1 saturated heterocycles. The fourth-order valence-corrected chi connectivity index (χ4v) is 4.86. The first-order valence-corrected chi connectivity index (χ1v) is 8.61. The van der Waals surface area contributed by atoms with Crippen LogP contribution < -0.4 is 5.32 Å². The fourth-order valence-electron chi connectivity index (χ4n) is 2.47. The van der Waals surface area contributed by atoms with Crippen LogP contribution in [0, 0.1) is 5.92 Å². The molecule has 2 rings (SSSR count). The molecule has 1 aliphatic rings. The summed E-state index contributed by atoms with van der Waals surface area (Å²) < 4.78 is 27.6. The second kappa shape index (κ2) is 5.97. The minimum Gasteiger partial charge on any atom is -0.395 e. The van der Waals surface area contributed by atoms with Crippen molar-refractivity contribution in [1.29, 1.82) is 0 Å². The number of aromatic nitrogens is 1. The summed E-state index contributed by atoms with van der Waals surface area (Å²) >= 11 is 3.25. The van der Waals surface area contributed by atoms with Crippen molar-refractivity contribution < 1.29 is 13.5 Å². The first-order chi connectivity index (χ1) is 9.41. The van der Waals surface area contributed by atoms with Gasteiger partial charge in [0, 0.05) is 24.3 Å². The van der Waals surface area contributed by atoms with E-state index in [2.05, 4.69) is 26.2 Å². The van der Waals surface area contributed by atoms with Crippen LogP contribution in [0.1, 0.15) is 13.3 Å². The third-order valence-electron chi connectivity index (χ3n) is 3.66. The maximum Gasteiger partial charge on any atom is 0.247 e. The first-order valence-electron chi connectivity index (χ1n) is 6.37. The van der Waals surface area contributed by atoms with E-state index >= 15 is 0 Å². The van der Waals surface area contributed by atoms with Gasteiger partial charge in [0.15, 0.2) is 0 Å². The fraction of sp³-hybridized carbons (Fsp3) is 0.583. The Labute approximate surface area is 127 Å². The van der Waals surface area contributed by atoms with Crippen LogP contribution in [0.4, 0.5) is 5.82 Å². The highest BCUT2D eigenvalue weighted by atomic mass is 79.9. The molecule has 20 heavy (non-hydrogen) atoms. The molecule has 0 radical (unpaired) electrons. The minimum atomic E-state index is -3.68. The lowest BCUT2D eigenvalue weighted by atomic mass is 10.0. The molecular formula is C12H18BrN3O3S. The van der Waals surface area contributed by atoms with Gasteiger partial charge in [0.05, 0.1) is 12.6 Å². The summed E-state index contributed by atoms with van der Waals surface area (Å²) in [5.41, 5.74) is 0. The number of anilines is 1. The summed E-state index contributed by atoms with van der Waals surface area (Å²) in [5.74, 6) is 0.456. The van der Waals surface area contributed by atoms with Crippen molar-refractivity contribution in [3.8, 4) is 0 Å². The molecule has 0 bridgehead atoms. The standard InChI is InChI=1S/C12H18BrN3O3S/c1-8-3-4-16(10(8)7-17)20(18,19)11-5-9(13)6-15-12(11)14-2/h5-6,8,10,17H,3-4,7H2,1-2H3,(H,14,15). The Hall–Kier alpha value is -0.700. The van der Waals surface area contributed by atoms with Crippen molar-refractivity contribution in [3.05, 3.63) is 16.7 Å². The second-order valence-electron chi connectivity index (χ2n) is 4.88. The summed E-state index contributed by atoms with van der Waals surface area (Å²) in [4.78, 5) is 4.20. The van der Waals surface area contributed by atoms with Gasteiger partial charge in [0.25, 0.3) is 0 Å². The molecule has 0 aliphatic carbocycles. The molecular weight excluding hydrogens is 346 g/mol. The molecule has 1 aromatic rings. The monoisotopic (exact) mass is 363 g/mol. The Morgan fingerprint density at radius 2 is 2.30 bits per heavy atom. The molecule has 6 nitrogen and oxygen atoms in total. The third-order valence-corrected chi connectivity index (χ3v) is 6.03. The van der Waals surface area contributed by atoms with Crippen molar-refractivity contribution in [3.63, 3.8) is 0 Å². The van der Waals surface area contributed by atoms with Gasteiger partial charge in [0.1, 0.15) is 10.7 Å². The van der Waals surface area contributed by atoms with Crippen molar-refractivity contribution in [1.82, 2.24) is 9.29 Å². The number of aliphatic hydroxyl groups is 1. The molecule has 2 atom stereocenters. The molecule has 0 amide bonds. The first kappa shape index (κ1) is 15.7. The van der Waals surface area contributed by atoms with Crippen molar-refractivity contribution >= 4 is 31.8 Å². The third kappa shape index (κ3) is 2.69. The normalized spacial score (nSPS) is 24.0. The van der Waals surface area contributed by atoms with E-state index in [0.717, 1.165) is 6.42 Å². The van der Waals surface area contributed by atoms with Crippen LogP contribution in [-0.4, -0.2) is 49.1 Å². The Morgan fingerprint density at radius 1 is 1.60 bits per heavy atom. The molecule has 112 valence electrons. The van der Waals surface area contributed by atoms with E-state index in [1.165, 1.54) is 10.4 Å². The van der Waals surface area contributed by atoms with Gasteiger partial charge in [-0.1, -0.05) is 6.92 Å². The number of nitrogens with one attached hydrogen (secondary N) is 1. The topological polar surface area (TPSA) is 82.5 Å². The summed E-state index contributed by atoms with van der Waals surface area (Å²) in [7, 11) is -2.05. The molecule has 2 N–H and O–H groups in total. The number of rotatable bonds is 4. The van der Waals surface area contributed by atoms with E-state index < -0.39 is 10.0 Å². The highest BCUT2D eigenvalue weighted by molar-refractivity contribution is 9.10. The molecule has 1 fully saturated rings. The van der Waals surface area contributed by atoms with E-state index in [9.17, 15) is 13.5 Å². The Balaban J connectivity index is 2.48. The predicted octanol–water partition coefficient (Wildman–Crippen LogP) is 1.28. The molecule has 2 heterocycles. The SMILES string of the molecule is CNc1ncc(Br)cc1S(=O)(=O)N1CCC(C)C1CO. The highest BCUT2D eigenvalue weighted by Crippen LogP contribution is 2.33. The zero-order chi connectivity index (χ0) is 14.9. The molecule has 0 saturated carbocycles. The molecule has 1 aliphatic heterocycles. The summed E-state index contributed by atoms with van der Waals surface area (Å²) in [5, 5.41) is 12.2. The predicted molar refractivity (Wildman–Crippen MR) is 80.0 cm³/mol. The summed E-state index contributed by atoms with van der Waals surface area (Å²) in [6.07, 6.45) is 2.29. The summed E-state index contributed by atoms with van der Waals surface area (Å²) in [6.45, 7) is 2.20. The maximum absolute atomic E-state index is 12.8.